The summed E-state index contributed by atoms with van der Waals surface area (Å²) < 4.78 is 5.46. The van der Waals surface area contributed by atoms with Crippen LogP contribution in [0.1, 0.15) is 18.0 Å². The average molecular weight is 247 g/mol. The molecule has 1 unspecified atom stereocenters. The van der Waals surface area contributed by atoms with Gasteiger partial charge in [-0.05, 0) is 19.0 Å². The van der Waals surface area contributed by atoms with Crippen LogP contribution in [-0.2, 0) is 4.74 Å². The Hall–Kier alpha value is -0.350. The van der Waals surface area contributed by atoms with Gasteiger partial charge in [0.1, 0.15) is 10.3 Å². The van der Waals surface area contributed by atoms with Crippen LogP contribution in [0.5, 0.6) is 0 Å². The van der Waals surface area contributed by atoms with E-state index < -0.39 is 0 Å². The zero-order valence-corrected chi connectivity index (χ0v) is 9.68. The molecule has 0 bridgehead atoms. The molecule has 1 saturated heterocycles. The van der Waals surface area contributed by atoms with E-state index in [1.165, 1.54) is 0 Å². The molecule has 1 aromatic heterocycles. The van der Waals surface area contributed by atoms with Crippen LogP contribution in [0.25, 0.3) is 0 Å². The van der Waals surface area contributed by atoms with Gasteiger partial charge in [0, 0.05) is 12.2 Å². The van der Waals surface area contributed by atoms with Crippen molar-refractivity contribution in [2.45, 2.75) is 12.5 Å². The SMILES string of the molecule is Clc1ccc(C2COCCCN2)c(Cl)n1. The van der Waals surface area contributed by atoms with Gasteiger partial charge in [0.25, 0.3) is 0 Å². The van der Waals surface area contributed by atoms with Crippen LogP contribution in [0.3, 0.4) is 0 Å². The second kappa shape index (κ2) is 5.12. The number of nitrogens with one attached hydrogen (secondary N) is 1. The number of hydrogen-bond acceptors (Lipinski definition) is 3. The van der Waals surface area contributed by atoms with Gasteiger partial charge in [-0.2, -0.15) is 0 Å². The van der Waals surface area contributed by atoms with Crippen LogP contribution < -0.4 is 5.32 Å². The van der Waals surface area contributed by atoms with Crippen molar-refractivity contribution in [1.29, 1.82) is 0 Å². The van der Waals surface area contributed by atoms with E-state index in [-0.39, 0.29) is 6.04 Å². The third kappa shape index (κ3) is 2.82. The van der Waals surface area contributed by atoms with Crippen LogP contribution >= 0.6 is 23.2 Å². The highest BCUT2D eigenvalue weighted by Crippen LogP contribution is 2.24. The van der Waals surface area contributed by atoms with Gasteiger partial charge in [-0.3, -0.25) is 0 Å². The second-order valence-corrected chi connectivity index (χ2v) is 4.19. The number of rotatable bonds is 1. The van der Waals surface area contributed by atoms with Crippen molar-refractivity contribution >= 4 is 23.2 Å². The third-order valence-electron chi connectivity index (χ3n) is 2.36. The molecule has 0 amide bonds. The van der Waals surface area contributed by atoms with Crippen molar-refractivity contribution in [2.75, 3.05) is 19.8 Å². The Balaban J connectivity index is 2.19. The van der Waals surface area contributed by atoms with Gasteiger partial charge in [-0.1, -0.05) is 29.3 Å². The van der Waals surface area contributed by atoms with Crippen LogP contribution in [0.4, 0.5) is 0 Å². The van der Waals surface area contributed by atoms with E-state index in [0.717, 1.165) is 25.1 Å². The molecule has 0 spiro atoms. The summed E-state index contributed by atoms with van der Waals surface area (Å²) in [6.45, 7) is 2.36. The minimum atomic E-state index is 0.116. The highest BCUT2D eigenvalue weighted by molar-refractivity contribution is 6.32. The molecular formula is C10H12Cl2N2O. The first-order chi connectivity index (χ1) is 7.27. The molecule has 0 aliphatic carbocycles. The molecule has 0 saturated carbocycles. The largest absolute Gasteiger partial charge is 0.379 e. The summed E-state index contributed by atoms with van der Waals surface area (Å²) in [6, 6.07) is 3.75. The number of ether oxygens (including phenoxy) is 1. The molecular weight excluding hydrogens is 235 g/mol. The third-order valence-corrected chi connectivity index (χ3v) is 2.87. The predicted molar refractivity (Wildman–Crippen MR) is 60.4 cm³/mol. The van der Waals surface area contributed by atoms with Crippen LogP contribution in [0.2, 0.25) is 10.3 Å². The fraction of sp³-hybridized carbons (Fsp3) is 0.500. The maximum absolute atomic E-state index is 6.03. The molecule has 1 aliphatic heterocycles. The van der Waals surface area contributed by atoms with Crippen molar-refractivity contribution in [1.82, 2.24) is 10.3 Å². The normalized spacial score (nSPS) is 22.4. The van der Waals surface area contributed by atoms with Crippen molar-refractivity contribution < 1.29 is 4.74 Å². The summed E-state index contributed by atoms with van der Waals surface area (Å²) in [7, 11) is 0. The maximum Gasteiger partial charge on any atom is 0.135 e. The Morgan fingerprint density at radius 1 is 1.40 bits per heavy atom. The van der Waals surface area contributed by atoms with Gasteiger partial charge in [0.15, 0.2) is 0 Å². The molecule has 2 heterocycles. The summed E-state index contributed by atoms with van der Waals surface area (Å²) in [6.07, 6.45) is 1.02. The molecule has 1 aliphatic rings. The first-order valence-electron chi connectivity index (χ1n) is 4.90. The monoisotopic (exact) mass is 246 g/mol. The smallest absolute Gasteiger partial charge is 0.135 e. The molecule has 1 aromatic rings. The zero-order chi connectivity index (χ0) is 10.7. The van der Waals surface area contributed by atoms with E-state index in [4.69, 9.17) is 27.9 Å². The summed E-state index contributed by atoms with van der Waals surface area (Å²) in [5.41, 5.74) is 0.947. The minimum absolute atomic E-state index is 0.116. The quantitative estimate of drug-likeness (QED) is 0.774. The van der Waals surface area contributed by atoms with Gasteiger partial charge in [-0.25, -0.2) is 4.98 Å². The Labute approximate surface area is 98.7 Å². The number of halogens is 2. The molecule has 3 nitrogen and oxygen atoms in total. The summed E-state index contributed by atoms with van der Waals surface area (Å²) in [5, 5.41) is 4.23. The van der Waals surface area contributed by atoms with E-state index in [2.05, 4.69) is 10.3 Å². The molecule has 2 rings (SSSR count). The Morgan fingerprint density at radius 3 is 3.07 bits per heavy atom. The number of aromatic nitrogens is 1. The van der Waals surface area contributed by atoms with E-state index in [9.17, 15) is 0 Å². The summed E-state index contributed by atoms with van der Waals surface area (Å²) >= 11 is 11.8. The van der Waals surface area contributed by atoms with Crippen molar-refractivity contribution in [3.8, 4) is 0 Å². The van der Waals surface area contributed by atoms with E-state index >= 15 is 0 Å². The van der Waals surface area contributed by atoms with Crippen molar-refractivity contribution in [3.05, 3.63) is 28.0 Å². The zero-order valence-electron chi connectivity index (χ0n) is 8.17. The Morgan fingerprint density at radius 2 is 2.27 bits per heavy atom. The molecule has 1 N–H and O–H groups in total. The molecule has 5 heteroatoms. The highest BCUT2D eigenvalue weighted by atomic mass is 35.5. The van der Waals surface area contributed by atoms with Crippen LogP contribution in [-0.4, -0.2) is 24.7 Å². The predicted octanol–water partition coefficient (Wildman–Crippen LogP) is 2.44. The van der Waals surface area contributed by atoms with E-state index in [0.29, 0.717) is 16.9 Å². The summed E-state index contributed by atoms with van der Waals surface area (Å²) in [4.78, 5) is 4.01. The van der Waals surface area contributed by atoms with E-state index in [1.54, 1.807) is 6.07 Å². The number of hydrogen-bond donors (Lipinski definition) is 1. The lowest BCUT2D eigenvalue weighted by Gasteiger charge is -2.16. The van der Waals surface area contributed by atoms with Gasteiger partial charge < -0.3 is 10.1 Å². The molecule has 82 valence electrons. The first-order valence-corrected chi connectivity index (χ1v) is 5.66. The standard InChI is InChI=1S/C10H12Cl2N2O/c11-9-3-2-7(10(12)14-9)8-6-15-5-1-4-13-8/h2-3,8,13H,1,4-6H2. The Kier molecular flexibility index (Phi) is 3.81. The number of pyridine rings is 1. The summed E-state index contributed by atoms with van der Waals surface area (Å²) in [5.74, 6) is 0. The van der Waals surface area contributed by atoms with E-state index in [1.807, 2.05) is 6.07 Å². The van der Waals surface area contributed by atoms with Crippen LogP contribution in [0, 0.1) is 0 Å². The molecule has 1 atom stereocenters. The molecule has 1 fully saturated rings. The maximum atomic E-state index is 6.03. The van der Waals surface area contributed by atoms with Crippen molar-refractivity contribution in [2.24, 2.45) is 0 Å². The molecule has 0 radical (unpaired) electrons. The highest BCUT2D eigenvalue weighted by Gasteiger charge is 2.17. The fourth-order valence-electron chi connectivity index (χ4n) is 1.59. The topological polar surface area (TPSA) is 34.1 Å². The lowest BCUT2D eigenvalue weighted by Crippen LogP contribution is -2.23. The minimum Gasteiger partial charge on any atom is -0.379 e. The van der Waals surface area contributed by atoms with Gasteiger partial charge in [0.2, 0.25) is 0 Å². The second-order valence-electron chi connectivity index (χ2n) is 3.45. The fourth-order valence-corrected chi connectivity index (χ4v) is 2.07. The lowest BCUT2D eigenvalue weighted by molar-refractivity contribution is 0.131. The number of nitrogens with zero attached hydrogens (tertiary/aromatic N) is 1. The lowest BCUT2D eigenvalue weighted by atomic mass is 10.1. The van der Waals surface area contributed by atoms with Crippen LogP contribution in [0.15, 0.2) is 12.1 Å². The molecule has 15 heavy (non-hydrogen) atoms. The first kappa shape index (κ1) is 11.1. The van der Waals surface area contributed by atoms with Gasteiger partial charge in [0.05, 0.1) is 12.6 Å². The Bertz CT molecular complexity index is 338. The van der Waals surface area contributed by atoms with Gasteiger partial charge >= 0.3 is 0 Å². The van der Waals surface area contributed by atoms with Gasteiger partial charge in [-0.15, -0.1) is 0 Å². The van der Waals surface area contributed by atoms with Crippen molar-refractivity contribution in [3.63, 3.8) is 0 Å². The average Bonchev–Trinajstić information content (AvgIpc) is 2.46. The molecule has 0 aromatic carbocycles.